The molecule has 1 saturated heterocycles. The summed E-state index contributed by atoms with van der Waals surface area (Å²) < 4.78 is 64.9. The zero-order chi connectivity index (χ0) is 22.0. The van der Waals surface area contributed by atoms with Crippen molar-refractivity contribution in [2.75, 3.05) is 23.7 Å². The summed E-state index contributed by atoms with van der Waals surface area (Å²) in [7, 11) is -9.78. The largest absolute Gasteiger partial charge is 0.384 e. The zero-order valence-corrected chi connectivity index (χ0v) is 16.5. The molecule has 1 unspecified atom stereocenters. The molecule has 2 aliphatic heterocycles. The number of nitrogens with zero attached hydrogens (tertiary/aromatic N) is 3. The van der Waals surface area contributed by atoms with Gasteiger partial charge in [-0.1, -0.05) is 19.4 Å². The van der Waals surface area contributed by atoms with E-state index in [0.29, 0.717) is 35.5 Å². The molecule has 162 valence electrons. The maximum atomic E-state index is 13.2. The molecular weight excluding hydrogens is 429 g/mol. The number of nitrogens with one attached hydrogen (secondary N) is 1. The number of halogens is 5. The second kappa shape index (κ2) is 5.85. The van der Waals surface area contributed by atoms with Crippen LogP contribution < -0.4 is 16.1 Å². The van der Waals surface area contributed by atoms with E-state index in [0.717, 1.165) is 12.1 Å². The van der Waals surface area contributed by atoms with E-state index >= 15 is 0 Å². The number of nitrogen functional groups attached to an aromatic ring is 1. The van der Waals surface area contributed by atoms with Gasteiger partial charge in [-0.2, -0.15) is 0 Å². The fraction of sp³-hybridized carbons (Fsp3) is 0.222. The first-order chi connectivity index (χ1) is 13.7. The Morgan fingerprint density at radius 2 is 1.80 bits per heavy atom. The number of anilines is 2. The van der Waals surface area contributed by atoms with Gasteiger partial charge in [-0.15, -0.1) is 0 Å². The number of hydrogen-bond donors (Lipinski definition) is 2. The molecule has 0 bridgehead atoms. The maximum absolute atomic E-state index is 13.2. The topological polar surface area (TPSA) is 74.5 Å². The number of aromatic nitrogens is 1. The number of carbonyl (C=O) groups is 1. The molecular formula is C18H18F5N5OS. The first-order valence-corrected chi connectivity index (χ1v) is 10.8. The lowest BCUT2D eigenvalue weighted by Crippen LogP contribution is -2.55. The number of rotatable bonds is 3. The molecule has 0 spiro atoms. The third kappa shape index (κ3) is 3.56. The molecule has 0 aliphatic carbocycles. The summed E-state index contributed by atoms with van der Waals surface area (Å²) in [5.74, 6) is -0.178. The molecule has 4 rings (SSSR count). The lowest BCUT2D eigenvalue weighted by Gasteiger charge is -2.41. The highest BCUT2D eigenvalue weighted by atomic mass is 32.5. The number of hydrogen-bond acceptors (Lipinski definition) is 5. The van der Waals surface area contributed by atoms with Crippen LogP contribution in [0.25, 0.3) is 5.57 Å². The standard InChI is InChI=1S/C18H18F5N5OS/c1-11-10-27(13-2-4-14(5-3-13)30(19,20,21,22)23)18(29)17-15(9-26-28(11)17)12-6-7-25-16(24)8-12/h2-8,11,26H,9-10H2,1H3,(H2,24,25). The van der Waals surface area contributed by atoms with Gasteiger partial charge in [0.25, 0.3) is 5.91 Å². The molecule has 30 heavy (non-hydrogen) atoms. The van der Waals surface area contributed by atoms with E-state index in [9.17, 15) is 24.2 Å². The first-order valence-electron chi connectivity index (χ1n) is 8.88. The number of piperazine rings is 1. The monoisotopic (exact) mass is 447 g/mol. The minimum Gasteiger partial charge on any atom is -0.384 e. The molecule has 1 atom stereocenters. The van der Waals surface area contributed by atoms with Crippen LogP contribution in [0, 0.1) is 0 Å². The molecule has 1 aromatic carbocycles. The number of hydrazine groups is 1. The summed E-state index contributed by atoms with van der Waals surface area (Å²) in [4.78, 5) is 16.4. The molecule has 1 fully saturated rings. The van der Waals surface area contributed by atoms with Crippen molar-refractivity contribution in [2.45, 2.75) is 17.9 Å². The second-order valence-electron chi connectivity index (χ2n) is 7.23. The van der Waals surface area contributed by atoms with Crippen LogP contribution in [0.4, 0.5) is 30.9 Å². The van der Waals surface area contributed by atoms with Crippen molar-refractivity contribution in [3.8, 4) is 0 Å². The van der Waals surface area contributed by atoms with Crippen molar-refractivity contribution in [3.05, 3.63) is 53.9 Å². The van der Waals surface area contributed by atoms with Gasteiger partial charge < -0.3 is 10.6 Å². The summed E-state index contributed by atoms with van der Waals surface area (Å²) in [5.41, 5.74) is 10.6. The summed E-state index contributed by atoms with van der Waals surface area (Å²) in [6.07, 6.45) is 1.51. The van der Waals surface area contributed by atoms with Gasteiger partial charge in [0.2, 0.25) is 0 Å². The van der Waals surface area contributed by atoms with Crippen LogP contribution in [0.5, 0.6) is 0 Å². The van der Waals surface area contributed by atoms with Gasteiger partial charge in [-0.25, -0.2) is 10.4 Å². The van der Waals surface area contributed by atoms with Crippen LogP contribution in [0.3, 0.4) is 0 Å². The number of carbonyl (C=O) groups excluding carboxylic acids is 1. The van der Waals surface area contributed by atoms with Crippen molar-refractivity contribution in [2.24, 2.45) is 0 Å². The smallest absolute Gasteiger partial charge is 0.310 e. The van der Waals surface area contributed by atoms with Crippen LogP contribution in [-0.4, -0.2) is 35.0 Å². The lowest BCUT2D eigenvalue weighted by molar-refractivity contribution is -0.118. The molecule has 3 heterocycles. The minimum atomic E-state index is -9.78. The van der Waals surface area contributed by atoms with Crippen LogP contribution in [-0.2, 0) is 4.79 Å². The Bertz CT molecular complexity index is 1070. The van der Waals surface area contributed by atoms with E-state index in [1.54, 1.807) is 17.1 Å². The number of benzene rings is 1. The molecule has 6 nitrogen and oxygen atoms in total. The highest BCUT2D eigenvalue weighted by Crippen LogP contribution is 3.02. The second-order valence-corrected chi connectivity index (χ2v) is 9.64. The summed E-state index contributed by atoms with van der Waals surface area (Å²) in [6.45, 7) is 2.35. The molecule has 1 aromatic heterocycles. The average Bonchev–Trinajstić information content (AvgIpc) is 3.09. The van der Waals surface area contributed by atoms with Gasteiger partial charge in [0, 0.05) is 30.5 Å². The summed E-state index contributed by atoms with van der Waals surface area (Å²) >= 11 is 0. The van der Waals surface area contributed by atoms with Crippen LogP contribution in [0.1, 0.15) is 12.5 Å². The van der Waals surface area contributed by atoms with Gasteiger partial charge in [0.15, 0.2) is 0 Å². The van der Waals surface area contributed by atoms with Gasteiger partial charge in [0.05, 0.1) is 6.04 Å². The number of pyridine rings is 1. The van der Waals surface area contributed by atoms with E-state index in [1.165, 1.54) is 11.1 Å². The van der Waals surface area contributed by atoms with E-state index in [-0.39, 0.29) is 24.1 Å². The quantitative estimate of drug-likeness (QED) is 0.687. The maximum Gasteiger partial charge on any atom is 0.310 e. The molecule has 2 aromatic rings. The molecule has 3 N–H and O–H groups in total. The van der Waals surface area contributed by atoms with Crippen molar-refractivity contribution >= 4 is 33.2 Å². The normalized spacial score (nSPS) is 22.1. The number of fused-ring (bicyclic) bond motifs is 1. The predicted molar refractivity (Wildman–Crippen MR) is 105 cm³/mol. The molecule has 2 aliphatic rings. The third-order valence-corrected chi connectivity index (χ3v) is 6.17. The highest BCUT2D eigenvalue weighted by Gasteiger charge is 2.65. The SMILES string of the molecule is CC1CN(c2ccc(S(F)(F)(F)(F)F)cc2)C(=O)C2=C(c3ccnc(N)c3)CNN21. The molecule has 12 heteroatoms. The fourth-order valence-electron chi connectivity index (χ4n) is 3.62. The summed E-state index contributed by atoms with van der Waals surface area (Å²) in [6, 6.07) is 5.50. The van der Waals surface area contributed by atoms with Crippen molar-refractivity contribution in [1.82, 2.24) is 15.4 Å². The van der Waals surface area contributed by atoms with E-state index in [4.69, 9.17) is 5.73 Å². The van der Waals surface area contributed by atoms with E-state index < -0.39 is 21.0 Å². The minimum absolute atomic E-state index is 0.102. The van der Waals surface area contributed by atoms with Crippen molar-refractivity contribution in [3.63, 3.8) is 0 Å². The summed E-state index contributed by atoms with van der Waals surface area (Å²) in [5, 5.41) is 1.70. The van der Waals surface area contributed by atoms with Crippen LogP contribution in [0.15, 0.2) is 53.2 Å². The van der Waals surface area contributed by atoms with E-state index in [2.05, 4.69) is 10.4 Å². The first kappa shape index (κ1) is 20.4. The lowest BCUT2D eigenvalue weighted by atomic mass is 10.0. The Labute approximate surface area is 168 Å². The van der Waals surface area contributed by atoms with Gasteiger partial charge in [-0.05, 0) is 48.9 Å². The predicted octanol–water partition coefficient (Wildman–Crippen LogP) is 4.29. The third-order valence-electron chi connectivity index (χ3n) is 5.01. The fourth-order valence-corrected chi connectivity index (χ4v) is 4.27. The Kier molecular flexibility index (Phi) is 3.98. The van der Waals surface area contributed by atoms with Gasteiger partial charge >= 0.3 is 10.2 Å². The molecule has 0 radical (unpaired) electrons. The molecule has 1 amide bonds. The van der Waals surface area contributed by atoms with Gasteiger partial charge in [-0.3, -0.25) is 9.80 Å². The molecule has 0 saturated carbocycles. The van der Waals surface area contributed by atoms with Crippen molar-refractivity contribution < 1.29 is 24.2 Å². The number of amides is 1. The number of nitrogens with two attached hydrogens (primary N) is 1. The zero-order valence-electron chi connectivity index (χ0n) is 15.7. The van der Waals surface area contributed by atoms with E-state index in [1.807, 2.05) is 6.92 Å². The Morgan fingerprint density at radius 3 is 2.40 bits per heavy atom. The average molecular weight is 447 g/mol. The Hall–Kier alpha value is -2.86. The van der Waals surface area contributed by atoms with Crippen LogP contribution in [0.2, 0.25) is 0 Å². The Balaban J connectivity index is 1.73. The van der Waals surface area contributed by atoms with Crippen molar-refractivity contribution in [1.29, 1.82) is 0 Å². The highest BCUT2D eigenvalue weighted by molar-refractivity contribution is 8.45. The van der Waals surface area contributed by atoms with Crippen LogP contribution >= 0.6 is 10.2 Å². The Morgan fingerprint density at radius 1 is 1.13 bits per heavy atom. The van der Waals surface area contributed by atoms with Gasteiger partial charge in [0.1, 0.15) is 16.4 Å².